The van der Waals surface area contributed by atoms with Crippen LogP contribution in [0.4, 0.5) is 0 Å². The minimum Gasteiger partial charge on any atom is -0.329 e. The molecule has 0 spiro atoms. The maximum absolute atomic E-state index is 5.60. The van der Waals surface area contributed by atoms with E-state index in [9.17, 15) is 0 Å². The van der Waals surface area contributed by atoms with E-state index in [1.165, 1.54) is 6.42 Å². The largest absolute Gasteiger partial charge is 0.329 e. The zero-order valence-electron chi connectivity index (χ0n) is 9.17. The van der Waals surface area contributed by atoms with E-state index in [2.05, 4.69) is 39.6 Å². The molecular weight excluding hydrogens is 148 g/mol. The van der Waals surface area contributed by atoms with Crippen LogP contribution in [-0.4, -0.2) is 30.6 Å². The van der Waals surface area contributed by atoms with Gasteiger partial charge in [-0.25, -0.2) is 0 Å². The van der Waals surface area contributed by atoms with Gasteiger partial charge in [-0.3, -0.25) is 4.90 Å². The molecule has 0 radical (unpaired) electrons. The third-order valence-electron chi connectivity index (χ3n) is 2.54. The van der Waals surface area contributed by atoms with Gasteiger partial charge in [-0.2, -0.15) is 0 Å². The number of rotatable bonds is 5. The van der Waals surface area contributed by atoms with Crippen LogP contribution in [0.15, 0.2) is 0 Å². The molecule has 0 aromatic carbocycles. The fraction of sp³-hybridized carbons (Fsp3) is 1.00. The molecule has 2 unspecified atom stereocenters. The monoisotopic (exact) mass is 172 g/mol. The van der Waals surface area contributed by atoms with Crippen LogP contribution in [0.3, 0.4) is 0 Å². The topological polar surface area (TPSA) is 29.3 Å². The molecule has 0 saturated heterocycles. The van der Waals surface area contributed by atoms with E-state index in [0.29, 0.717) is 12.1 Å². The molecule has 0 aliphatic heterocycles. The lowest BCUT2D eigenvalue weighted by Gasteiger charge is -2.31. The van der Waals surface area contributed by atoms with Crippen molar-refractivity contribution in [1.29, 1.82) is 0 Å². The fourth-order valence-corrected chi connectivity index (χ4v) is 1.45. The van der Waals surface area contributed by atoms with E-state index >= 15 is 0 Å². The standard InChI is InChI=1S/C10H24N2/c1-8(2)6-9(3)12(5)10(4)7-11/h8-10H,6-7,11H2,1-5H3. The summed E-state index contributed by atoms with van der Waals surface area (Å²) in [6.45, 7) is 9.72. The summed E-state index contributed by atoms with van der Waals surface area (Å²) in [5.74, 6) is 0.771. The second kappa shape index (κ2) is 5.55. The third kappa shape index (κ3) is 4.07. The van der Waals surface area contributed by atoms with Crippen LogP contribution in [0.5, 0.6) is 0 Å². The van der Waals surface area contributed by atoms with Crippen molar-refractivity contribution in [3.05, 3.63) is 0 Å². The summed E-state index contributed by atoms with van der Waals surface area (Å²) >= 11 is 0. The third-order valence-corrected chi connectivity index (χ3v) is 2.54. The Bertz CT molecular complexity index is 112. The second-order valence-electron chi connectivity index (χ2n) is 4.23. The molecule has 0 aromatic rings. The van der Waals surface area contributed by atoms with Crippen molar-refractivity contribution in [2.75, 3.05) is 13.6 Å². The molecule has 0 aliphatic rings. The Kier molecular flexibility index (Phi) is 5.51. The van der Waals surface area contributed by atoms with E-state index in [-0.39, 0.29) is 0 Å². The van der Waals surface area contributed by atoms with Crippen molar-refractivity contribution >= 4 is 0 Å². The molecule has 2 atom stereocenters. The summed E-state index contributed by atoms with van der Waals surface area (Å²) in [4.78, 5) is 2.36. The smallest absolute Gasteiger partial charge is 0.0189 e. The molecule has 0 aromatic heterocycles. The summed E-state index contributed by atoms with van der Waals surface area (Å²) in [6, 6.07) is 1.14. The minimum atomic E-state index is 0.499. The molecular formula is C10H24N2. The predicted octanol–water partition coefficient (Wildman–Crippen LogP) is 1.70. The summed E-state index contributed by atoms with van der Waals surface area (Å²) in [7, 11) is 2.16. The van der Waals surface area contributed by atoms with Gasteiger partial charge in [-0.1, -0.05) is 13.8 Å². The Balaban J connectivity index is 3.83. The maximum atomic E-state index is 5.60. The van der Waals surface area contributed by atoms with Crippen molar-refractivity contribution in [3.63, 3.8) is 0 Å². The normalized spacial score (nSPS) is 17.0. The average Bonchev–Trinajstić information content (AvgIpc) is 2.00. The number of nitrogens with two attached hydrogens (primary N) is 1. The lowest BCUT2D eigenvalue weighted by molar-refractivity contribution is 0.179. The lowest BCUT2D eigenvalue weighted by Crippen LogP contribution is -2.41. The first-order chi connectivity index (χ1) is 5.49. The SMILES string of the molecule is CC(C)CC(C)N(C)C(C)CN. The van der Waals surface area contributed by atoms with Gasteiger partial charge >= 0.3 is 0 Å². The zero-order valence-corrected chi connectivity index (χ0v) is 9.17. The highest BCUT2D eigenvalue weighted by molar-refractivity contribution is 4.71. The number of hydrogen-bond donors (Lipinski definition) is 1. The molecule has 0 aliphatic carbocycles. The Hall–Kier alpha value is -0.0800. The second-order valence-corrected chi connectivity index (χ2v) is 4.23. The quantitative estimate of drug-likeness (QED) is 0.684. The number of likely N-dealkylation sites (N-methyl/N-ethyl adjacent to an activating group) is 1. The summed E-state index contributed by atoms with van der Waals surface area (Å²) in [6.07, 6.45) is 1.25. The highest BCUT2D eigenvalue weighted by Gasteiger charge is 2.14. The molecule has 0 fully saturated rings. The van der Waals surface area contributed by atoms with Crippen LogP contribution >= 0.6 is 0 Å². The van der Waals surface area contributed by atoms with E-state index in [4.69, 9.17) is 5.73 Å². The van der Waals surface area contributed by atoms with Gasteiger partial charge in [-0.05, 0) is 33.2 Å². The van der Waals surface area contributed by atoms with Gasteiger partial charge in [-0.15, -0.1) is 0 Å². The highest BCUT2D eigenvalue weighted by Crippen LogP contribution is 2.11. The van der Waals surface area contributed by atoms with Gasteiger partial charge in [0.15, 0.2) is 0 Å². The maximum Gasteiger partial charge on any atom is 0.0189 e. The molecule has 2 N–H and O–H groups in total. The van der Waals surface area contributed by atoms with Crippen LogP contribution in [0.25, 0.3) is 0 Å². The molecule has 2 heteroatoms. The van der Waals surface area contributed by atoms with Crippen LogP contribution in [-0.2, 0) is 0 Å². The van der Waals surface area contributed by atoms with Gasteiger partial charge in [0.25, 0.3) is 0 Å². The Morgan fingerprint density at radius 1 is 1.08 bits per heavy atom. The van der Waals surface area contributed by atoms with Crippen LogP contribution in [0, 0.1) is 5.92 Å². The Morgan fingerprint density at radius 2 is 1.58 bits per heavy atom. The van der Waals surface area contributed by atoms with Crippen molar-refractivity contribution in [2.24, 2.45) is 11.7 Å². The molecule has 0 amide bonds. The van der Waals surface area contributed by atoms with Crippen molar-refractivity contribution in [2.45, 2.75) is 46.2 Å². The van der Waals surface area contributed by atoms with Crippen molar-refractivity contribution in [1.82, 2.24) is 4.90 Å². The van der Waals surface area contributed by atoms with Crippen LogP contribution in [0.1, 0.15) is 34.1 Å². The Labute approximate surface area is 77.1 Å². The van der Waals surface area contributed by atoms with Gasteiger partial charge in [0.1, 0.15) is 0 Å². The van der Waals surface area contributed by atoms with Gasteiger partial charge in [0, 0.05) is 18.6 Å². The van der Waals surface area contributed by atoms with Crippen molar-refractivity contribution in [3.8, 4) is 0 Å². The first-order valence-electron chi connectivity index (χ1n) is 4.91. The summed E-state index contributed by atoms with van der Waals surface area (Å²) in [5.41, 5.74) is 5.60. The van der Waals surface area contributed by atoms with Crippen LogP contribution < -0.4 is 5.73 Å². The van der Waals surface area contributed by atoms with E-state index in [1.807, 2.05) is 0 Å². The molecule has 0 bridgehead atoms. The summed E-state index contributed by atoms with van der Waals surface area (Å²) in [5, 5.41) is 0. The fourth-order valence-electron chi connectivity index (χ4n) is 1.45. The van der Waals surface area contributed by atoms with Gasteiger partial charge in [0.05, 0.1) is 0 Å². The first-order valence-corrected chi connectivity index (χ1v) is 4.91. The molecule has 74 valence electrons. The molecule has 0 heterocycles. The Morgan fingerprint density at radius 3 is 1.92 bits per heavy atom. The first kappa shape index (κ1) is 11.9. The number of nitrogens with zero attached hydrogens (tertiary/aromatic N) is 1. The molecule has 12 heavy (non-hydrogen) atoms. The van der Waals surface area contributed by atoms with Gasteiger partial charge < -0.3 is 5.73 Å². The highest BCUT2D eigenvalue weighted by atomic mass is 15.2. The lowest BCUT2D eigenvalue weighted by atomic mass is 10.0. The molecule has 2 nitrogen and oxygen atoms in total. The summed E-state index contributed by atoms with van der Waals surface area (Å²) < 4.78 is 0. The van der Waals surface area contributed by atoms with E-state index in [0.717, 1.165) is 12.5 Å². The van der Waals surface area contributed by atoms with E-state index < -0.39 is 0 Å². The predicted molar refractivity (Wildman–Crippen MR) is 55.2 cm³/mol. The van der Waals surface area contributed by atoms with Gasteiger partial charge in [0.2, 0.25) is 0 Å². The van der Waals surface area contributed by atoms with E-state index in [1.54, 1.807) is 0 Å². The molecule has 0 saturated carbocycles. The van der Waals surface area contributed by atoms with Crippen LogP contribution in [0.2, 0.25) is 0 Å². The molecule has 0 rings (SSSR count). The zero-order chi connectivity index (χ0) is 9.72. The van der Waals surface area contributed by atoms with Crippen molar-refractivity contribution < 1.29 is 0 Å². The minimum absolute atomic E-state index is 0.499. The average molecular weight is 172 g/mol. The number of hydrogen-bond acceptors (Lipinski definition) is 2.